The molecule has 1 heterocycles. The van der Waals surface area contributed by atoms with Crippen molar-refractivity contribution in [1.82, 2.24) is 0 Å². The SMILES string of the molecule is CSC1(C)C(=O)Nc2cc(C)ccc21. The first-order valence-corrected chi connectivity index (χ1v) is 5.78. The molecule has 0 spiro atoms. The summed E-state index contributed by atoms with van der Waals surface area (Å²) in [5.41, 5.74) is 3.24. The molecule has 0 radical (unpaired) electrons. The Balaban J connectivity index is 2.59. The molecule has 0 aliphatic carbocycles. The molecule has 1 aliphatic rings. The zero-order valence-electron chi connectivity index (χ0n) is 8.55. The molecule has 1 aliphatic heterocycles. The van der Waals surface area contributed by atoms with Crippen molar-refractivity contribution >= 4 is 23.4 Å². The van der Waals surface area contributed by atoms with E-state index in [1.54, 1.807) is 11.8 Å². The number of nitrogens with one attached hydrogen (secondary N) is 1. The molecule has 2 rings (SSSR count). The van der Waals surface area contributed by atoms with Crippen LogP contribution in [0.3, 0.4) is 0 Å². The fraction of sp³-hybridized carbons (Fsp3) is 0.364. The molecule has 1 atom stereocenters. The molecule has 0 bridgehead atoms. The van der Waals surface area contributed by atoms with Gasteiger partial charge in [0.1, 0.15) is 4.75 Å². The molecule has 1 aromatic carbocycles. The third kappa shape index (κ3) is 1.16. The Labute approximate surface area is 88.1 Å². The van der Waals surface area contributed by atoms with Crippen molar-refractivity contribution in [3.63, 3.8) is 0 Å². The average molecular weight is 207 g/mol. The van der Waals surface area contributed by atoms with Gasteiger partial charge in [0.25, 0.3) is 0 Å². The zero-order chi connectivity index (χ0) is 10.3. The molecule has 2 nitrogen and oxygen atoms in total. The summed E-state index contributed by atoms with van der Waals surface area (Å²) >= 11 is 1.58. The van der Waals surface area contributed by atoms with E-state index in [9.17, 15) is 4.79 Å². The highest BCUT2D eigenvalue weighted by Crippen LogP contribution is 2.44. The Morgan fingerprint density at radius 1 is 1.43 bits per heavy atom. The van der Waals surface area contributed by atoms with Crippen LogP contribution in [0.25, 0.3) is 0 Å². The number of benzene rings is 1. The topological polar surface area (TPSA) is 29.1 Å². The van der Waals surface area contributed by atoms with Gasteiger partial charge < -0.3 is 5.32 Å². The van der Waals surface area contributed by atoms with Gasteiger partial charge in [-0.1, -0.05) is 12.1 Å². The van der Waals surface area contributed by atoms with E-state index in [2.05, 4.69) is 5.32 Å². The molecule has 0 saturated carbocycles. The van der Waals surface area contributed by atoms with E-state index in [1.165, 1.54) is 5.56 Å². The van der Waals surface area contributed by atoms with Crippen molar-refractivity contribution in [3.05, 3.63) is 29.3 Å². The van der Waals surface area contributed by atoms with E-state index in [0.29, 0.717) is 0 Å². The van der Waals surface area contributed by atoms with E-state index in [0.717, 1.165) is 11.3 Å². The number of carbonyl (C=O) groups excluding carboxylic acids is 1. The van der Waals surface area contributed by atoms with Gasteiger partial charge in [-0.05, 0) is 31.7 Å². The molecule has 1 amide bonds. The smallest absolute Gasteiger partial charge is 0.244 e. The second kappa shape index (κ2) is 3.02. The Hall–Kier alpha value is -0.960. The largest absolute Gasteiger partial charge is 0.324 e. The first-order valence-electron chi connectivity index (χ1n) is 4.55. The Bertz CT molecular complexity index is 402. The van der Waals surface area contributed by atoms with Gasteiger partial charge in [-0.2, -0.15) is 0 Å². The lowest BCUT2D eigenvalue weighted by Gasteiger charge is -2.18. The van der Waals surface area contributed by atoms with Crippen molar-refractivity contribution in [2.24, 2.45) is 0 Å². The van der Waals surface area contributed by atoms with Gasteiger partial charge in [0.15, 0.2) is 0 Å². The maximum atomic E-state index is 11.8. The van der Waals surface area contributed by atoms with Crippen LogP contribution in [0.4, 0.5) is 5.69 Å². The summed E-state index contributed by atoms with van der Waals surface area (Å²) in [4.78, 5) is 11.8. The van der Waals surface area contributed by atoms with Crippen molar-refractivity contribution < 1.29 is 4.79 Å². The van der Waals surface area contributed by atoms with E-state index >= 15 is 0 Å². The predicted octanol–water partition coefficient (Wildman–Crippen LogP) is 2.53. The number of fused-ring (bicyclic) bond motifs is 1. The number of aryl methyl sites for hydroxylation is 1. The number of carbonyl (C=O) groups is 1. The Morgan fingerprint density at radius 3 is 2.79 bits per heavy atom. The lowest BCUT2D eigenvalue weighted by Crippen LogP contribution is -2.26. The Kier molecular flexibility index (Phi) is 2.07. The highest BCUT2D eigenvalue weighted by Gasteiger charge is 2.41. The van der Waals surface area contributed by atoms with Gasteiger partial charge in [-0.3, -0.25) is 4.79 Å². The quantitative estimate of drug-likeness (QED) is 0.766. The standard InChI is InChI=1S/C11H13NOS/c1-7-4-5-8-9(6-7)12-10(13)11(8,2)14-3/h4-6H,1-3H3,(H,12,13). The summed E-state index contributed by atoms with van der Waals surface area (Å²) in [6.07, 6.45) is 1.97. The van der Waals surface area contributed by atoms with Gasteiger partial charge in [-0.25, -0.2) is 0 Å². The van der Waals surface area contributed by atoms with Crippen LogP contribution in [0.1, 0.15) is 18.1 Å². The van der Waals surface area contributed by atoms with Crippen molar-refractivity contribution in [2.45, 2.75) is 18.6 Å². The zero-order valence-corrected chi connectivity index (χ0v) is 9.37. The summed E-state index contributed by atoms with van der Waals surface area (Å²) in [5.74, 6) is 0.0885. The van der Waals surface area contributed by atoms with Crippen LogP contribution in [-0.4, -0.2) is 12.2 Å². The first-order chi connectivity index (χ1) is 6.58. The second-order valence-electron chi connectivity index (χ2n) is 3.74. The van der Waals surface area contributed by atoms with Gasteiger partial charge in [0.05, 0.1) is 0 Å². The summed E-state index contributed by atoms with van der Waals surface area (Å²) in [6.45, 7) is 4.00. The molecular weight excluding hydrogens is 194 g/mol. The molecule has 1 N–H and O–H groups in total. The minimum Gasteiger partial charge on any atom is -0.324 e. The van der Waals surface area contributed by atoms with Crippen LogP contribution < -0.4 is 5.32 Å². The van der Waals surface area contributed by atoms with E-state index in [4.69, 9.17) is 0 Å². The number of anilines is 1. The summed E-state index contributed by atoms with van der Waals surface area (Å²) in [5, 5.41) is 2.92. The molecule has 3 heteroatoms. The maximum absolute atomic E-state index is 11.8. The first kappa shape index (κ1) is 9.59. The predicted molar refractivity (Wildman–Crippen MR) is 60.7 cm³/mol. The average Bonchev–Trinajstić information content (AvgIpc) is 2.39. The molecule has 0 saturated heterocycles. The van der Waals surface area contributed by atoms with Crippen LogP contribution in [-0.2, 0) is 9.54 Å². The molecule has 1 unspecified atom stereocenters. The second-order valence-corrected chi connectivity index (χ2v) is 4.97. The highest BCUT2D eigenvalue weighted by atomic mass is 32.2. The Morgan fingerprint density at radius 2 is 2.14 bits per heavy atom. The van der Waals surface area contributed by atoms with Gasteiger partial charge in [0.2, 0.25) is 5.91 Å². The molecule has 1 aromatic rings. The monoisotopic (exact) mass is 207 g/mol. The van der Waals surface area contributed by atoms with Crippen LogP contribution in [0, 0.1) is 6.92 Å². The lowest BCUT2D eigenvalue weighted by molar-refractivity contribution is -0.117. The summed E-state index contributed by atoms with van der Waals surface area (Å²) in [6, 6.07) is 6.11. The number of rotatable bonds is 1. The minimum absolute atomic E-state index is 0.0885. The minimum atomic E-state index is -0.414. The summed E-state index contributed by atoms with van der Waals surface area (Å²) < 4.78 is -0.414. The van der Waals surface area contributed by atoms with E-state index < -0.39 is 4.75 Å². The number of thioether (sulfide) groups is 1. The highest BCUT2D eigenvalue weighted by molar-refractivity contribution is 8.00. The van der Waals surface area contributed by atoms with Crippen LogP contribution in [0.2, 0.25) is 0 Å². The van der Waals surface area contributed by atoms with Crippen molar-refractivity contribution in [3.8, 4) is 0 Å². The van der Waals surface area contributed by atoms with E-state index in [-0.39, 0.29) is 5.91 Å². The lowest BCUT2D eigenvalue weighted by atomic mass is 10.0. The van der Waals surface area contributed by atoms with E-state index in [1.807, 2.05) is 38.3 Å². The molecule has 74 valence electrons. The molecular formula is C11H13NOS. The number of hydrogen-bond acceptors (Lipinski definition) is 2. The summed E-state index contributed by atoms with van der Waals surface area (Å²) in [7, 11) is 0. The normalized spacial score (nSPS) is 24.6. The van der Waals surface area contributed by atoms with Gasteiger partial charge >= 0.3 is 0 Å². The molecule has 0 fully saturated rings. The van der Waals surface area contributed by atoms with Crippen molar-refractivity contribution in [2.75, 3.05) is 11.6 Å². The number of hydrogen-bond donors (Lipinski definition) is 1. The van der Waals surface area contributed by atoms with Crippen LogP contribution >= 0.6 is 11.8 Å². The molecule has 14 heavy (non-hydrogen) atoms. The third-order valence-corrected chi connectivity index (χ3v) is 4.00. The maximum Gasteiger partial charge on any atom is 0.244 e. The van der Waals surface area contributed by atoms with Crippen LogP contribution in [0.5, 0.6) is 0 Å². The number of amides is 1. The molecule has 0 aromatic heterocycles. The van der Waals surface area contributed by atoms with Gasteiger partial charge in [0, 0.05) is 11.3 Å². The van der Waals surface area contributed by atoms with Crippen molar-refractivity contribution in [1.29, 1.82) is 0 Å². The third-order valence-electron chi connectivity index (χ3n) is 2.78. The van der Waals surface area contributed by atoms with Crippen LogP contribution in [0.15, 0.2) is 18.2 Å². The van der Waals surface area contributed by atoms with Gasteiger partial charge in [-0.15, -0.1) is 11.8 Å². The fourth-order valence-electron chi connectivity index (χ4n) is 1.74. The fourth-order valence-corrected chi connectivity index (χ4v) is 2.38.